The van der Waals surface area contributed by atoms with Crippen molar-refractivity contribution in [1.82, 2.24) is 4.90 Å². The van der Waals surface area contributed by atoms with Gasteiger partial charge in [0.25, 0.3) is 0 Å². The lowest BCUT2D eigenvalue weighted by Gasteiger charge is -2.25. The van der Waals surface area contributed by atoms with Crippen molar-refractivity contribution in [3.63, 3.8) is 0 Å². The van der Waals surface area contributed by atoms with Crippen LogP contribution in [0.3, 0.4) is 0 Å². The number of methoxy groups -OCH3 is 1. The largest absolute Gasteiger partial charge is 0.461 e. The second-order valence-corrected chi connectivity index (χ2v) is 8.42. The summed E-state index contributed by atoms with van der Waals surface area (Å²) in [7, 11) is 1.52. The minimum Gasteiger partial charge on any atom is -0.461 e. The summed E-state index contributed by atoms with van der Waals surface area (Å²) in [5.74, 6) is 1.65. The van der Waals surface area contributed by atoms with Crippen molar-refractivity contribution < 1.29 is 18.7 Å². The standard InChI is InChI=1S/C22H28N2O4/c1-22(2,3)12-20(25)23-17-7-5-6-15(10-17)19-11-16-13-24(21(26)14-27-4)9-8-18(16)28-19/h5-7,10-11H,8-9,12-14H2,1-4H3,(H,23,25). The number of nitrogens with one attached hydrogen (secondary N) is 1. The Morgan fingerprint density at radius 3 is 2.75 bits per heavy atom. The summed E-state index contributed by atoms with van der Waals surface area (Å²) in [6.07, 6.45) is 1.14. The van der Waals surface area contributed by atoms with Crippen molar-refractivity contribution in [2.45, 2.75) is 40.2 Å². The van der Waals surface area contributed by atoms with Crippen molar-refractivity contribution >= 4 is 17.5 Å². The number of amides is 2. The fourth-order valence-corrected chi connectivity index (χ4v) is 3.34. The van der Waals surface area contributed by atoms with Crippen molar-refractivity contribution in [2.24, 2.45) is 5.41 Å². The molecule has 150 valence electrons. The van der Waals surface area contributed by atoms with E-state index >= 15 is 0 Å². The smallest absolute Gasteiger partial charge is 0.248 e. The topological polar surface area (TPSA) is 71.8 Å². The molecule has 3 rings (SSSR count). The van der Waals surface area contributed by atoms with Crippen LogP contribution in [-0.2, 0) is 27.3 Å². The molecule has 0 spiro atoms. The minimum absolute atomic E-state index is 0.00399. The van der Waals surface area contributed by atoms with E-state index in [1.165, 1.54) is 7.11 Å². The number of rotatable bonds is 5. The van der Waals surface area contributed by atoms with Gasteiger partial charge in [-0.25, -0.2) is 0 Å². The van der Waals surface area contributed by atoms with E-state index < -0.39 is 0 Å². The first-order valence-electron chi connectivity index (χ1n) is 9.54. The average Bonchev–Trinajstić information content (AvgIpc) is 3.03. The Balaban J connectivity index is 1.73. The van der Waals surface area contributed by atoms with Gasteiger partial charge in [-0.15, -0.1) is 0 Å². The van der Waals surface area contributed by atoms with Crippen LogP contribution in [0.1, 0.15) is 38.5 Å². The van der Waals surface area contributed by atoms with E-state index in [0.717, 1.165) is 28.3 Å². The first kappa shape index (κ1) is 20.1. The zero-order valence-corrected chi connectivity index (χ0v) is 17.0. The van der Waals surface area contributed by atoms with Crippen molar-refractivity contribution in [2.75, 3.05) is 25.6 Å². The maximum atomic E-state index is 12.2. The van der Waals surface area contributed by atoms with E-state index in [1.54, 1.807) is 4.90 Å². The molecule has 1 aliphatic heterocycles. The van der Waals surface area contributed by atoms with Gasteiger partial charge in [0.1, 0.15) is 18.1 Å². The molecular formula is C22H28N2O4. The second kappa shape index (κ2) is 8.19. The van der Waals surface area contributed by atoms with Crippen LogP contribution in [-0.4, -0.2) is 37.0 Å². The lowest BCUT2D eigenvalue weighted by atomic mass is 9.92. The summed E-state index contributed by atoms with van der Waals surface area (Å²) >= 11 is 0. The lowest BCUT2D eigenvalue weighted by molar-refractivity contribution is -0.136. The number of fused-ring (bicyclic) bond motifs is 1. The molecule has 1 aromatic heterocycles. The highest BCUT2D eigenvalue weighted by molar-refractivity contribution is 5.91. The first-order valence-corrected chi connectivity index (χ1v) is 9.54. The molecule has 2 aromatic rings. The Labute approximate surface area is 165 Å². The van der Waals surface area contributed by atoms with E-state index in [4.69, 9.17) is 9.15 Å². The zero-order valence-electron chi connectivity index (χ0n) is 17.0. The summed E-state index contributed by atoms with van der Waals surface area (Å²) in [5, 5.41) is 2.96. The molecule has 28 heavy (non-hydrogen) atoms. The van der Waals surface area contributed by atoms with Gasteiger partial charge in [0, 0.05) is 49.9 Å². The third-order valence-electron chi connectivity index (χ3n) is 4.61. The number of hydrogen-bond acceptors (Lipinski definition) is 4. The highest BCUT2D eigenvalue weighted by Gasteiger charge is 2.24. The van der Waals surface area contributed by atoms with Gasteiger partial charge in [-0.1, -0.05) is 32.9 Å². The van der Waals surface area contributed by atoms with E-state index in [0.29, 0.717) is 25.9 Å². The van der Waals surface area contributed by atoms with E-state index in [2.05, 4.69) is 5.32 Å². The Bertz CT molecular complexity index is 864. The monoisotopic (exact) mass is 384 g/mol. The average molecular weight is 384 g/mol. The van der Waals surface area contributed by atoms with Gasteiger partial charge in [-0.2, -0.15) is 0 Å². The summed E-state index contributed by atoms with van der Waals surface area (Å²) < 4.78 is 11.0. The minimum atomic E-state index is -0.0616. The molecule has 0 fully saturated rings. The number of hydrogen-bond donors (Lipinski definition) is 1. The molecule has 0 saturated heterocycles. The number of furan rings is 1. The van der Waals surface area contributed by atoms with Crippen LogP contribution in [0.2, 0.25) is 0 Å². The van der Waals surface area contributed by atoms with Crippen molar-refractivity contribution in [1.29, 1.82) is 0 Å². The summed E-state index contributed by atoms with van der Waals surface area (Å²) in [4.78, 5) is 26.1. The maximum Gasteiger partial charge on any atom is 0.248 e. The van der Waals surface area contributed by atoms with E-state index in [9.17, 15) is 9.59 Å². The molecule has 1 aliphatic rings. The van der Waals surface area contributed by atoms with Gasteiger partial charge in [0.05, 0.1) is 0 Å². The van der Waals surface area contributed by atoms with Gasteiger partial charge >= 0.3 is 0 Å². The quantitative estimate of drug-likeness (QED) is 0.850. The molecule has 1 N–H and O–H groups in total. The Kier molecular flexibility index (Phi) is 5.89. The Morgan fingerprint density at radius 2 is 2.04 bits per heavy atom. The summed E-state index contributed by atoms with van der Waals surface area (Å²) in [5.41, 5.74) is 2.61. The number of anilines is 1. The molecule has 0 aliphatic carbocycles. The predicted octanol–water partition coefficient (Wildman–Crippen LogP) is 3.85. The number of nitrogens with zero attached hydrogens (tertiary/aromatic N) is 1. The van der Waals surface area contributed by atoms with Crippen LogP contribution in [0, 0.1) is 5.41 Å². The molecule has 2 amide bonds. The molecule has 0 bridgehead atoms. The Morgan fingerprint density at radius 1 is 1.25 bits per heavy atom. The highest BCUT2D eigenvalue weighted by atomic mass is 16.5. The molecule has 0 atom stereocenters. The van der Waals surface area contributed by atoms with Gasteiger partial charge < -0.3 is 19.4 Å². The molecule has 6 nitrogen and oxygen atoms in total. The molecule has 0 radical (unpaired) electrons. The third kappa shape index (κ3) is 5.01. The fourth-order valence-electron chi connectivity index (χ4n) is 3.34. The second-order valence-electron chi connectivity index (χ2n) is 8.42. The SMILES string of the molecule is COCC(=O)N1CCc2oc(-c3cccc(NC(=O)CC(C)(C)C)c3)cc2C1. The van der Waals surface area contributed by atoms with Gasteiger partial charge in [-0.05, 0) is 23.6 Å². The van der Waals surface area contributed by atoms with E-state index in [-0.39, 0.29) is 23.8 Å². The lowest BCUT2D eigenvalue weighted by Crippen LogP contribution is -2.37. The van der Waals surface area contributed by atoms with Crippen LogP contribution < -0.4 is 5.32 Å². The molecule has 0 unspecified atom stereocenters. The molecule has 0 saturated carbocycles. The number of carbonyl (C=O) groups excluding carboxylic acids is 2. The van der Waals surface area contributed by atoms with Gasteiger partial charge in [-0.3, -0.25) is 9.59 Å². The number of ether oxygens (including phenoxy) is 1. The molecule has 1 aromatic carbocycles. The maximum absolute atomic E-state index is 12.2. The predicted molar refractivity (Wildman–Crippen MR) is 108 cm³/mol. The number of carbonyl (C=O) groups is 2. The highest BCUT2D eigenvalue weighted by Crippen LogP contribution is 2.31. The van der Waals surface area contributed by atoms with Crippen molar-refractivity contribution in [3.8, 4) is 11.3 Å². The van der Waals surface area contributed by atoms with Crippen LogP contribution >= 0.6 is 0 Å². The van der Waals surface area contributed by atoms with Gasteiger partial charge in [0.2, 0.25) is 11.8 Å². The zero-order chi connectivity index (χ0) is 20.3. The molecule has 2 heterocycles. The number of benzene rings is 1. The summed E-state index contributed by atoms with van der Waals surface area (Å²) in [6.45, 7) is 7.37. The first-order chi connectivity index (χ1) is 13.2. The van der Waals surface area contributed by atoms with Gasteiger partial charge in [0.15, 0.2) is 0 Å². The van der Waals surface area contributed by atoms with Crippen LogP contribution in [0.4, 0.5) is 5.69 Å². The molecule has 6 heteroatoms. The third-order valence-corrected chi connectivity index (χ3v) is 4.61. The van der Waals surface area contributed by atoms with Crippen LogP contribution in [0.25, 0.3) is 11.3 Å². The molecular weight excluding hydrogens is 356 g/mol. The van der Waals surface area contributed by atoms with Crippen LogP contribution in [0.15, 0.2) is 34.7 Å². The normalized spacial score (nSPS) is 13.9. The fraction of sp³-hybridized carbons (Fsp3) is 0.455. The summed E-state index contributed by atoms with van der Waals surface area (Å²) in [6, 6.07) is 9.63. The Hall–Kier alpha value is -2.60. The van der Waals surface area contributed by atoms with E-state index in [1.807, 2.05) is 51.1 Å². The van der Waals surface area contributed by atoms with Crippen molar-refractivity contribution in [3.05, 3.63) is 41.7 Å². The van der Waals surface area contributed by atoms with Crippen LogP contribution in [0.5, 0.6) is 0 Å².